The molecule has 0 aliphatic carbocycles. The molecule has 4 rings (SSSR count). The number of fused-ring (bicyclic) bond motifs is 1. The lowest BCUT2D eigenvalue weighted by atomic mass is 9.97. The maximum atomic E-state index is 9.49. The molecule has 3 aromatic rings. The van der Waals surface area contributed by atoms with Crippen molar-refractivity contribution in [3.8, 4) is 16.9 Å². The zero-order valence-electron chi connectivity index (χ0n) is 16.1. The van der Waals surface area contributed by atoms with E-state index in [0.717, 1.165) is 71.6 Å². The number of ether oxygens (including phenoxy) is 1. The van der Waals surface area contributed by atoms with Gasteiger partial charge in [-0.2, -0.15) is 0 Å². The van der Waals surface area contributed by atoms with Crippen LogP contribution in [0.1, 0.15) is 24.2 Å². The third-order valence-corrected chi connectivity index (χ3v) is 5.58. The highest BCUT2D eigenvalue weighted by Gasteiger charge is 2.22. The van der Waals surface area contributed by atoms with Crippen LogP contribution >= 0.6 is 0 Å². The van der Waals surface area contributed by atoms with E-state index in [0.29, 0.717) is 5.92 Å². The van der Waals surface area contributed by atoms with Crippen LogP contribution in [-0.2, 0) is 6.54 Å². The van der Waals surface area contributed by atoms with E-state index in [1.165, 1.54) is 0 Å². The number of aliphatic hydroxyl groups is 1. The van der Waals surface area contributed by atoms with Gasteiger partial charge in [-0.3, -0.25) is 4.90 Å². The Balaban J connectivity index is 1.71. The van der Waals surface area contributed by atoms with Gasteiger partial charge in [0.15, 0.2) is 0 Å². The number of methoxy groups -OCH3 is 1. The Labute approximate surface area is 160 Å². The molecule has 1 N–H and O–H groups in total. The van der Waals surface area contributed by atoms with Crippen LogP contribution in [0.3, 0.4) is 0 Å². The largest absolute Gasteiger partial charge is 0.496 e. The van der Waals surface area contributed by atoms with Crippen molar-refractivity contribution in [3.05, 3.63) is 53.8 Å². The predicted molar refractivity (Wildman–Crippen MR) is 108 cm³/mol. The Bertz CT molecular complexity index is 916. The summed E-state index contributed by atoms with van der Waals surface area (Å²) >= 11 is 0. The summed E-state index contributed by atoms with van der Waals surface area (Å²) in [5, 5.41) is 10.6. The van der Waals surface area contributed by atoms with Crippen molar-refractivity contribution in [2.75, 3.05) is 26.8 Å². The molecule has 0 saturated carbocycles. The van der Waals surface area contributed by atoms with Crippen molar-refractivity contribution in [2.24, 2.45) is 5.92 Å². The van der Waals surface area contributed by atoms with E-state index in [-0.39, 0.29) is 6.61 Å². The smallest absolute Gasteiger partial charge is 0.135 e. The second-order valence-electron chi connectivity index (χ2n) is 7.49. The molecule has 1 saturated heterocycles. The van der Waals surface area contributed by atoms with E-state index < -0.39 is 0 Å². The molecule has 0 radical (unpaired) electrons. The number of piperidine rings is 1. The average Bonchev–Trinajstić information content (AvgIpc) is 3.02. The van der Waals surface area contributed by atoms with Crippen molar-refractivity contribution >= 4 is 11.0 Å². The number of aryl methyl sites for hydroxylation is 1. The van der Waals surface area contributed by atoms with Crippen LogP contribution in [0.2, 0.25) is 0 Å². The molecule has 1 aliphatic rings. The van der Waals surface area contributed by atoms with Crippen molar-refractivity contribution < 1.29 is 14.3 Å². The molecule has 4 heteroatoms. The zero-order valence-corrected chi connectivity index (χ0v) is 16.1. The number of aliphatic hydroxyl groups excluding tert-OH is 1. The lowest BCUT2D eigenvalue weighted by Crippen LogP contribution is -2.36. The summed E-state index contributed by atoms with van der Waals surface area (Å²) in [4.78, 5) is 2.40. The highest BCUT2D eigenvalue weighted by atomic mass is 16.5. The van der Waals surface area contributed by atoms with E-state index in [2.05, 4.69) is 29.2 Å². The summed E-state index contributed by atoms with van der Waals surface area (Å²) in [6, 6.07) is 14.6. The van der Waals surface area contributed by atoms with Crippen molar-refractivity contribution in [3.63, 3.8) is 0 Å². The molecule has 1 unspecified atom stereocenters. The Hall–Kier alpha value is -2.30. The third-order valence-electron chi connectivity index (χ3n) is 5.58. The normalized spacial score (nSPS) is 18.1. The first kappa shape index (κ1) is 18.1. The number of likely N-dealkylation sites (tertiary alicyclic amines) is 1. The molecule has 1 aliphatic heterocycles. The third kappa shape index (κ3) is 3.60. The van der Waals surface area contributed by atoms with Gasteiger partial charge in [-0.1, -0.05) is 30.3 Å². The summed E-state index contributed by atoms with van der Waals surface area (Å²) in [6.07, 6.45) is 2.24. The van der Waals surface area contributed by atoms with Crippen LogP contribution in [0.5, 0.6) is 5.75 Å². The molecule has 0 amide bonds. The minimum absolute atomic E-state index is 0.268. The molecule has 27 heavy (non-hydrogen) atoms. The van der Waals surface area contributed by atoms with E-state index >= 15 is 0 Å². The number of benzene rings is 2. The lowest BCUT2D eigenvalue weighted by Gasteiger charge is -2.32. The molecular weight excluding hydrogens is 338 g/mol. The molecule has 4 nitrogen and oxygen atoms in total. The predicted octanol–water partition coefficient (Wildman–Crippen LogP) is 4.62. The zero-order chi connectivity index (χ0) is 18.8. The Kier molecular flexibility index (Phi) is 5.19. The van der Waals surface area contributed by atoms with Crippen LogP contribution in [-0.4, -0.2) is 36.8 Å². The van der Waals surface area contributed by atoms with E-state index in [9.17, 15) is 5.11 Å². The standard InChI is InChI=1S/C23H27NO3/c1-16-23(18-8-4-3-5-9-18)20-12-21(26-2)19(11-22(20)27-16)14-24-10-6-7-17(13-24)15-25/h3-5,8-9,11-12,17,25H,6-7,10,13-15H2,1-2H3. The van der Waals surface area contributed by atoms with E-state index in [4.69, 9.17) is 9.15 Å². The van der Waals surface area contributed by atoms with Gasteiger partial charge in [-0.15, -0.1) is 0 Å². The van der Waals surface area contributed by atoms with Gasteiger partial charge >= 0.3 is 0 Å². The van der Waals surface area contributed by atoms with Gasteiger partial charge in [0.2, 0.25) is 0 Å². The van der Waals surface area contributed by atoms with Gasteiger partial charge in [0, 0.05) is 36.2 Å². The van der Waals surface area contributed by atoms with Crippen LogP contribution in [0, 0.1) is 12.8 Å². The van der Waals surface area contributed by atoms with Crippen molar-refractivity contribution in [1.29, 1.82) is 0 Å². The number of furan rings is 1. The maximum Gasteiger partial charge on any atom is 0.135 e. The molecule has 1 fully saturated rings. The van der Waals surface area contributed by atoms with Gasteiger partial charge in [0.05, 0.1) is 7.11 Å². The first-order valence-corrected chi connectivity index (χ1v) is 9.68. The summed E-state index contributed by atoms with van der Waals surface area (Å²) in [7, 11) is 1.73. The lowest BCUT2D eigenvalue weighted by molar-refractivity contribution is 0.115. The van der Waals surface area contributed by atoms with Gasteiger partial charge in [-0.05, 0) is 49.9 Å². The summed E-state index contributed by atoms with van der Waals surface area (Å²) < 4.78 is 11.8. The highest BCUT2D eigenvalue weighted by Crippen LogP contribution is 2.38. The molecule has 2 aromatic carbocycles. The van der Waals surface area contributed by atoms with Gasteiger partial charge in [0.25, 0.3) is 0 Å². The first-order chi connectivity index (χ1) is 13.2. The quantitative estimate of drug-likeness (QED) is 0.716. The topological polar surface area (TPSA) is 45.8 Å². The molecule has 0 spiro atoms. The fourth-order valence-electron chi connectivity index (χ4n) is 4.25. The van der Waals surface area contributed by atoms with Crippen LogP contribution in [0.4, 0.5) is 0 Å². The fraction of sp³-hybridized carbons (Fsp3) is 0.391. The van der Waals surface area contributed by atoms with Crippen LogP contribution in [0.15, 0.2) is 46.9 Å². The first-order valence-electron chi connectivity index (χ1n) is 9.68. The Morgan fingerprint density at radius 2 is 2.04 bits per heavy atom. The molecule has 0 bridgehead atoms. The number of hydrogen-bond donors (Lipinski definition) is 1. The summed E-state index contributed by atoms with van der Waals surface area (Å²) in [5.41, 5.74) is 4.33. The molecular formula is C23H27NO3. The van der Waals surface area contributed by atoms with Gasteiger partial charge in [-0.25, -0.2) is 0 Å². The monoisotopic (exact) mass is 365 g/mol. The second-order valence-corrected chi connectivity index (χ2v) is 7.49. The van der Waals surface area contributed by atoms with Crippen LogP contribution in [0.25, 0.3) is 22.1 Å². The van der Waals surface area contributed by atoms with Crippen molar-refractivity contribution in [1.82, 2.24) is 4.90 Å². The average molecular weight is 365 g/mol. The minimum Gasteiger partial charge on any atom is -0.496 e. The summed E-state index contributed by atoms with van der Waals surface area (Å²) in [5.74, 6) is 2.20. The minimum atomic E-state index is 0.268. The van der Waals surface area contributed by atoms with Gasteiger partial charge < -0.3 is 14.3 Å². The highest BCUT2D eigenvalue weighted by molar-refractivity contribution is 5.97. The molecule has 1 atom stereocenters. The van der Waals surface area contributed by atoms with E-state index in [1.54, 1.807) is 7.11 Å². The maximum absolute atomic E-state index is 9.49. The van der Waals surface area contributed by atoms with E-state index in [1.807, 2.05) is 25.1 Å². The van der Waals surface area contributed by atoms with Crippen molar-refractivity contribution in [2.45, 2.75) is 26.3 Å². The Morgan fingerprint density at radius 1 is 1.22 bits per heavy atom. The Morgan fingerprint density at radius 3 is 2.78 bits per heavy atom. The second kappa shape index (κ2) is 7.75. The van der Waals surface area contributed by atoms with Gasteiger partial charge in [0.1, 0.15) is 17.1 Å². The van der Waals surface area contributed by atoms with Crippen LogP contribution < -0.4 is 4.74 Å². The molecule has 142 valence electrons. The molecule has 1 aromatic heterocycles. The molecule has 2 heterocycles. The number of nitrogens with zero attached hydrogens (tertiary/aromatic N) is 1. The number of rotatable bonds is 5. The SMILES string of the molecule is COc1cc2c(-c3ccccc3)c(C)oc2cc1CN1CCCC(CO)C1. The fourth-order valence-corrected chi connectivity index (χ4v) is 4.25. The number of hydrogen-bond acceptors (Lipinski definition) is 4. The summed E-state index contributed by atoms with van der Waals surface area (Å²) in [6.45, 7) is 5.10.